The normalized spacial score (nSPS) is 24.8. The van der Waals surface area contributed by atoms with Gasteiger partial charge in [0.1, 0.15) is 11.1 Å². The Kier molecular flexibility index (Phi) is 3.90. The number of benzene rings is 1. The van der Waals surface area contributed by atoms with Crippen molar-refractivity contribution in [3.05, 3.63) is 51.9 Å². The van der Waals surface area contributed by atoms with Crippen molar-refractivity contribution in [2.24, 2.45) is 11.8 Å². The molecule has 2 aromatic rings. The summed E-state index contributed by atoms with van der Waals surface area (Å²) >= 11 is 1.61. The molecule has 4 heteroatoms. The van der Waals surface area contributed by atoms with E-state index in [0.29, 0.717) is 17.4 Å². The van der Waals surface area contributed by atoms with Gasteiger partial charge in [-0.3, -0.25) is 4.79 Å². The SMILES string of the molecule is C[C@H]1CCc2c(sc(NC(=O)[C@@H]3C[C@@H]3c3ccccc3)c2C#N)C1. The molecule has 4 rings (SSSR count). The van der Waals surface area contributed by atoms with Crippen LogP contribution in [0.15, 0.2) is 30.3 Å². The Morgan fingerprint density at radius 2 is 2.12 bits per heavy atom. The zero-order valence-corrected chi connectivity index (χ0v) is 14.5. The molecule has 24 heavy (non-hydrogen) atoms. The predicted molar refractivity (Wildman–Crippen MR) is 96.1 cm³/mol. The van der Waals surface area contributed by atoms with E-state index < -0.39 is 0 Å². The lowest BCUT2D eigenvalue weighted by molar-refractivity contribution is -0.117. The smallest absolute Gasteiger partial charge is 0.228 e. The average Bonchev–Trinajstić information content (AvgIpc) is 3.32. The number of anilines is 1. The van der Waals surface area contributed by atoms with Gasteiger partial charge in [-0.1, -0.05) is 37.3 Å². The fourth-order valence-corrected chi connectivity index (χ4v) is 5.08. The number of nitrogens with one attached hydrogen (secondary N) is 1. The first-order valence-corrected chi connectivity index (χ1v) is 9.39. The zero-order valence-electron chi connectivity index (χ0n) is 13.7. The van der Waals surface area contributed by atoms with E-state index in [9.17, 15) is 10.1 Å². The van der Waals surface area contributed by atoms with Crippen molar-refractivity contribution in [1.29, 1.82) is 5.26 Å². The third-order valence-electron chi connectivity index (χ3n) is 5.22. The lowest BCUT2D eigenvalue weighted by Gasteiger charge is -2.17. The summed E-state index contributed by atoms with van der Waals surface area (Å²) in [6.07, 6.45) is 4.02. The molecule has 3 nitrogen and oxygen atoms in total. The molecule has 0 saturated heterocycles. The van der Waals surface area contributed by atoms with Crippen LogP contribution in [-0.2, 0) is 17.6 Å². The van der Waals surface area contributed by atoms with E-state index in [1.807, 2.05) is 18.2 Å². The lowest BCUT2D eigenvalue weighted by Crippen LogP contribution is -2.14. The maximum atomic E-state index is 12.6. The molecule has 1 heterocycles. The van der Waals surface area contributed by atoms with Crippen LogP contribution in [0, 0.1) is 23.2 Å². The highest BCUT2D eigenvalue weighted by Crippen LogP contribution is 2.48. The molecular weight excluding hydrogens is 316 g/mol. The van der Waals surface area contributed by atoms with Crippen LogP contribution >= 0.6 is 11.3 Å². The molecule has 0 unspecified atom stereocenters. The fourth-order valence-electron chi connectivity index (χ4n) is 3.72. The molecule has 1 amide bonds. The largest absolute Gasteiger partial charge is 0.316 e. The third-order valence-corrected chi connectivity index (χ3v) is 6.38. The second kappa shape index (κ2) is 6.07. The quantitative estimate of drug-likeness (QED) is 0.898. The molecule has 0 aliphatic heterocycles. The van der Waals surface area contributed by atoms with Gasteiger partial charge in [0.2, 0.25) is 5.91 Å². The van der Waals surface area contributed by atoms with Gasteiger partial charge in [0.25, 0.3) is 0 Å². The van der Waals surface area contributed by atoms with E-state index in [1.165, 1.54) is 16.0 Å². The number of carbonyl (C=O) groups is 1. The Balaban J connectivity index is 1.50. The molecule has 1 N–H and O–H groups in total. The summed E-state index contributed by atoms with van der Waals surface area (Å²) in [5.74, 6) is 1.09. The molecule has 1 aromatic carbocycles. The van der Waals surface area contributed by atoms with Crippen LogP contribution < -0.4 is 5.32 Å². The van der Waals surface area contributed by atoms with Crippen molar-refractivity contribution < 1.29 is 4.79 Å². The molecule has 0 bridgehead atoms. The standard InChI is InChI=1S/C20H20N2OS/c1-12-7-8-14-17(11-21)20(24-18(14)9-12)22-19(23)16-10-15(16)13-5-3-2-4-6-13/h2-6,12,15-16H,7-10H2,1H3,(H,22,23)/t12-,15+,16+/m0/s1. The summed E-state index contributed by atoms with van der Waals surface area (Å²) in [6, 6.07) is 12.5. The molecular formula is C20H20N2OS. The summed E-state index contributed by atoms with van der Waals surface area (Å²) < 4.78 is 0. The van der Waals surface area contributed by atoms with Gasteiger partial charge >= 0.3 is 0 Å². The Labute approximate surface area is 146 Å². The average molecular weight is 336 g/mol. The first kappa shape index (κ1) is 15.4. The summed E-state index contributed by atoms with van der Waals surface area (Å²) in [6.45, 7) is 2.25. The maximum absolute atomic E-state index is 12.6. The van der Waals surface area contributed by atoms with E-state index in [2.05, 4.69) is 30.4 Å². The van der Waals surface area contributed by atoms with Gasteiger partial charge in [0, 0.05) is 10.8 Å². The molecule has 1 fully saturated rings. The summed E-state index contributed by atoms with van der Waals surface area (Å²) in [7, 11) is 0. The highest BCUT2D eigenvalue weighted by molar-refractivity contribution is 7.16. The van der Waals surface area contributed by atoms with Crippen LogP contribution in [0.1, 0.15) is 47.3 Å². The Morgan fingerprint density at radius 3 is 2.88 bits per heavy atom. The number of nitrogens with zero attached hydrogens (tertiary/aromatic N) is 1. The summed E-state index contributed by atoms with van der Waals surface area (Å²) in [5, 5.41) is 13.3. The molecule has 1 saturated carbocycles. The summed E-state index contributed by atoms with van der Waals surface area (Å²) in [5.41, 5.74) is 3.11. The maximum Gasteiger partial charge on any atom is 0.228 e. The lowest BCUT2D eigenvalue weighted by atomic mass is 9.88. The number of fused-ring (bicyclic) bond motifs is 1. The van der Waals surface area contributed by atoms with Crippen LogP contribution in [-0.4, -0.2) is 5.91 Å². The van der Waals surface area contributed by atoms with Crippen LogP contribution in [0.25, 0.3) is 0 Å². The van der Waals surface area contributed by atoms with E-state index in [4.69, 9.17) is 0 Å². The second-order valence-electron chi connectivity index (χ2n) is 7.02. The number of carbonyl (C=O) groups excluding carboxylic acids is 1. The van der Waals surface area contributed by atoms with Crippen LogP contribution in [0.3, 0.4) is 0 Å². The molecule has 0 radical (unpaired) electrons. The molecule has 0 spiro atoms. The highest BCUT2D eigenvalue weighted by Gasteiger charge is 2.44. The van der Waals surface area contributed by atoms with Gasteiger partial charge in [0.15, 0.2) is 0 Å². The number of hydrogen-bond donors (Lipinski definition) is 1. The van der Waals surface area contributed by atoms with Crippen molar-refractivity contribution in [2.75, 3.05) is 5.32 Å². The molecule has 122 valence electrons. The van der Waals surface area contributed by atoms with E-state index in [0.717, 1.165) is 30.7 Å². The van der Waals surface area contributed by atoms with E-state index in [1.54, 1.807) is 11.3 Å². The zero-order chi connectivity index (χ0) is 16.7. The molecule has 2 aliphatic carbocycles. The number of hydrogen-bond acceptors (Lipinski definition) is 3. The van der Waals surface area contributed by atoms with Crippen molar-refractivity contribution in [3.8, 4) is 6.07 Å². The van der Waals surface area contributed by atoms with Gasteiger partial charge in [-0.2, -0.15) is 5.26 Å². The predicted octanol–water partition coefficient (Wildman–Crippen LogP) is 4.49. The first-order chi connectivity index (χ1) is 11.7. The van der Waals surface area contributed by atoms with Crippen molar-refractivity contribution in [1.82, 2.24) is 0 Å². The number of thiophene rings is 1. The van der Waals surface area contributed by atoms with Gasteiger partial charge in [-0.15, -0.1) is 11.3 Å². The van der Waals surface area contributed by atoms with Crippen molar-refractivity contribution in [2.45, 2.75) is 38.5 Å². The Morgan fingerprint density at radius 1 is 1.33 bits per heavy atom. The van der Waals surface area contributed by atoms with Gasteiger partial charge in [-0.25, -0.2) is 0 Å². The minimum Gasteiger partial charge on any atom is -0.316 e. The first-order valence-electron chi connectivity index (χ1n) is 8.57. The monoisotopic (exact) mass is 336 g/mol. The van der Waals surface area contributed by atoms with Gasteiger partial charge in [-0.05, 0) is 48.6 Å². The van der Waals surface area contributed by atoms with Crippen LogP contribution in [0.4, 0.5) is 5.00 Å². The van der Waals surface area contributed by atoms with Gasteiger partial charge < -0.3 is 5.32 Å². The highest BCUT2D eigenvalue weighted by atomic mass is 32.1. The third kappa shape index (κ3) is 2.74. The summed E-state index contributed by atoms with van der Waals surface area (Å²) in [4.78, 5) is 13.9. The molecule has 3 atom stereocenters. The topological polar surface area (TPSA) is 52.9 Å². The van der Waals surface area contributed by atoms with Crippen LogP contribution in [0.2, 0.25) is 0 Å². The molecule has 2 aliphatic rings. The van der Waals surface area contributed by atoms with Crippen molar-refractivity contribution in [3.63, 3.8) is 0 Å². The fraction of sp³-hybridized carbons (Fsp3) is 0.400. The number of amides is 1. The minimum absolute atomic E-state index is 0.0389. The second-order valence-corrected chi connectivity index (χ2v) is 8.12. The Bertz CT molecular complexity index is 818. The number of nitriles is 1. The minimum atomic E-state index is 0.0389. The van der Waals surface area contributed by atoms with E-state index in [-0.39, 0.29) is 11.8 Å². The molecule has 1 aromatic heterocycles. The van der Waals surface area contributed by atoms with E-state index >= 15 is 0 Å². The Hall–Kier alpha value is -2.12. The van der Waals surface area contributed by atoms with Gasteiger partial charge in [0.05, 0.1) is 5.56 Å². The van der Waals surface area contributed by atoms with Crippen molar-refractivity contribution >= 4 is 22.2 Å². The number of rotatable bonds is 3. The van der Waals surface area contributed by atoms with Crippen LogP contribution in [0.5, 0.6) is 0 Å².